The molecule has 1 aliphatic rings. The summed E-state index contributed by atoms with van der Waals surface area (Å²) in [5.74, 6) is -0.168. The molecule has 0 unspecified atom stereocenters. The Labute approximate surface area is 115 Å². The Morgan fingerprint density at radius 3 is 2.21 bits per heavy atom. The molecule has 0 atom stereocenters. The molecule has 0 aromatic heterocycles. The monoisotopic (exact) mass is 270 g/mol. The standard InChI is InChI=1S/C14H26N2O3/c1-5-9-12(17)16(13(18)19-14(2,3)4)15-10-7-6-8-11-15/h5-11H2,1-4H3. The fourth-order valence-electron chi connectivity index (χ4n) is 2.08. The summed E-state index contributed by atoms with van der Waals surface area (Å²) in [5, 5.41) is 3.05. The number of imide groups is 1. The summed E-state index contributed by atoms with van der Waals surface area (Å²) in [6.45, 7) is 8.85. The number of piperidine rings is 1. The first kappa shape index (κ1) is 16.0. The van der Waals surface area contributed by atoms with Gasteiger partial charge in [0.15, 0.2) is 0 Å². The van der Waals surface area contributed by atoms with Crippen molar-refractivity contribution >= 4 is 12.0 Å². The molecule has 1 fully saturated rings. The third-order valence-electron chi connectivity index (χ3n) is 2.88. The van der Waals surface area contributed by atoms with Gasteiger partial charge in [-0.2, -0.15) is 5.01 Å². The highest BCUT2D eigenvalue weighted by Gasteiger charge is 2.32. The van der Waals surface area contributed by atoms with E-state index in [1.807, 2.05) is 32.7 Å². The zero-order valence-corrected chi connectivity index (χ0v) is 12.6. The first-order chi connectivity index (χ1) is 8.85. The van der Waals surface area contributed by atoms with Gasteiger partial charge in [0.25, 0.3) is 0 Å². The molecule has 2 amide bonds. The molecular weight excluding hydrogens is 244 g/mol. The van der Waals surface area contributed by atoms with Gasteiger partial charge in [-0.25, -0.2) is 9.80 Å². The lowest BCUT2D eigenvalue weighted by Crippen LogP contribution is -2.53. The molecule has 110 valence electrons. The van der Waals surface area contributed by atoms with E-state index in [1.54, 1.807) is 0 Å². The first-order valence-corrected chi connectivity index (χ1v) is 7.16. The molecule has 0 radical (unpaired) electrons. The summed E-state index contributed by atoms with van der Waals surface area (Å²) < 4.78 is 5.35. The molecule has 0 N–H and O–H groups in total. The summed E-state index contributed by atoms with van der Waals surface area (Å²) in [6, 6.07) is 0. The van der Waals surface area contributed by atoms with E-state index in [9.17, 15) is 9.59 Å². The molecule has 0 saturated carbocycles. The van der Waals surface area contributed by atoms with Crippen molar-refractivity contribution in [2.75, 3.05) is 13.1 Å². The quantitative estimate of drug-likeness (QED) is 0.791. The van der Waals surface area contributed by atoms with E-state index >= 15 is 0 Å². The van der Waals surface area contributed by atoms with Crippen LogP contribution in [-0.2, 0) is 9.53 Å². The largest absolute Gasteiger partial charge is 0.442 e. The average Bonchev–Trinajstić information content (AvgIpc) is 2.28. The van der Waals surface area contributed by atoms with Crippen molar-refractivity contribution in [2.24, 2.45) is 0 Å². The lowest BCUT2D eigenvalue weighted by molar-refractivity contribution is -0.148. The summed E-state index contributed by atoms with van der Waals surface area (Å²) in [6.07, 6.45) is 3.73. The van der Waals surface area contributed by atoms with Gasteiger partial charge in [-0.1, -0.05) is 13.3 Å². The Morgan fingerprint density at radius 1 is 1.16 bits per heavy atom. The first-order valence-electron chi connectivity index (χ1n) is 7.16. The minimum Gasteiger partial charge on any atom is -0.442 e. The summed E-state index contributed by atoms with van der Waals surface area (Å²) in [4.78, 5) is 24.4. The van der Waals surface area contributed by atoms with Crippen LogP contribution in [0.1, 0.15) is 59.8 Å². The second-order valence-corrected chi connectivity index (χ2v) is 5.95. The Morgan fingerprint density at radius 2 is 1.74 bits per heavy atom. The maximum absolute atomic E-state index is 12.2. The van der Waals surface area contributed by atoms with Crippen LogP contribution in [0.5, 0.6) is 0 Å². The molecule has 1 heterocycles. The normalized spacial score (nSPS) is 17.1. The molecule has 0 spiro atoms. The SMILES string of the molecule is CCCC(=O)N(C(=O)OC(C)(C)C)N1CCCCC1. The molecule has 5 heteroatoms. The lowest BCUT2D eigenvalue weighted by atomic mass is 10.1. The fourth-order valence-corrected chi connectivity index (χ4v) is 2.08. The number of carbonyl (C=O) groups is 2. The number of amides is 2. The predicted molar refractivity (Wildman–Crippen MR) is 73.4 cm³/mol. The third kappa shape index (κ3) is 5.19. The van der Waals surface area contributed by atoms with E-state index < -0.39 is 11.7 Å². The highest BCUT2D eigenvalue weighted by molar-refractivity contribution is 5.91. The van der Waals surface area contributed by atoms with Gasteiger partial charge in [0.2, 0.25) is 5.91 Å². The van der Waals surface area contributed by atoms with E-state index in [-0.39, 0.29) is 5.91 Å². The number of rotatable bonds is 3. The number of carbonyl (C=O) groups excluding carboxylic acids is 2. The highest BCUT2D eigenvalue weighted by atomic mass is 16.6. The van der Waals surface area contributed by atoms with Crippen LogP contribution in [0.3, 0.4) is 0 Å². The lowest BCUT2D eigenvalue weighted by Gasteiger charge is -2.36. The molecule has 19 heavy (non-hydrogen) atoms. The summed E-state index contributed by atoms with van der Waals surface area (Å²) in [5.41, 5.74) is -0.586. The van der Waals surface area contributed by atoms with Gasteiger partial charge in [0.1, 0.15) is 5.60 Å². The van der Waals surface area contributed by atoms with Gasteiger partial charge < -0.3 is 4.74 Å². The Bertz CT molecular complexity index is 317. The zero-order chi connectivity index (χ0) is 14.5. The Kier molecular flexibility index (Phi) is 5.79. The molecule has 0 aromatic carbocycles. The van der Waals surface area contributed by atoms with E-state index in [2.05, 4.69) is 0 Å². The minimum absolute atomic E-state index is 0.168. The highest BCUT2D eigenvalue weighted by Crippen LogP contribution is 2.17. The summed E-state index contributed by atoms with van der Waals surface area (Å²) >= 11 is 0. The van der Waals surface area contributed by atoms with E-state index in [1.165, 1.54) is 5.01 Å². The van der Waals surface area contributed by atoms with Crippen molar-refractivity contribution in [2.45, 2.75) is 65.4 Å². The van der Waals surface area contributed by atoms with E-state index in [0.717, 1.165) is 38.8 Å². The molecule has 1 saturated heterocycles. The second-order valence-electron chi connectivity index (χ2n) is 5.95. The topological polar surface area (TPSA) is 49.9 Å². The van der Waals surface area contributed by atoms with Gasteiger partial charge in [0, 0.05) is 19.5 Å². The average molecular weight is 270 g/mol. The Balaban J connectivity index is 2.78. The third-order valence-corrected chi connectivity index (χ3v) is 2.88. The van der Waals surface area contributed by atoms with Gasteiger partial charge in [0.05, 0.1) is 0 Å². The van der Waals surface area contributed by atoms with Crippen LogP contribution < -0.4 is 0 Å². The van der Waals surface area contributed by atoms with Gasteiger partial charge in [-0.3, -0.25) is 4.79 Å². The van der Waals surface area contributed by atoms with Crippen molar-refractivity contribution < 1.29 is 14.3 Å². The van der Waals surface area contributed by atoms with Crippen LogP contribution in [0, 0.1) is 0 Å². The number of hydrogen-bond acceptors (Lipinski definition) is 4. The van der Waals surface area contributed by atoms with Crippen LogP contribution in [-0.4, -0.2) is 40.7 Å². The van der Waals surface area contributed by atoms with Gasteiger partial charge in [-0.15, -0.1) is 0 Å². The van der Waals surface area contributed by atoms with Crippen molar-refractivity contribution in [3.05, 3.63) is 0 Å². The number of ether oxygens (including phenoxy) is 1. The Hall–Kier alpha value is -1.10. The molecule has 5 nitrogen and oxygen atoms in total. The van der Waals surface area contributed by atoms with Crippen LogP contribution in [0.2, 0.25) is 0 Å². The molecule has 0 aromatic rings. The van der Waals surface area contributed by atoms with Crippen LogP contribution in [0.4, 0.5) is 4.79 Å². The maximum atomic E-state index is 12.2. The van der Waals surface area contributed by atoms with Gasteiger partial charge >= 0.3 is 6.09 Å². The number of hydrazine groups is 1. The van der Waals surface area contributed by atoms with Crippen molar-refractivity contribution in [1.82, 2.24) is 10.0 Å². The molecule has 0 bridgehead atoms. The second kappa shape index (κ2) is 6.89. The minimum atomic E-state index is -0.586. The van der Waals surface area contributed by atoms with Crippen molar-refractivity contribution in [3.8, 4) is 0 Å². The van der Waals surface area contributed by atoms with Crippen LogP contribution in [0.15, 0.2) is 0 Å². The van der Waals surface area contributed by atoms with Crippen LogP contribution in [0.25, 0.3) is 0 Å². The van der Waals surface area contributed by atoms with Gasteiger partial charge in [-0.05, 0) is 40.0 Å². The van der Waals surface area contributed by atoms with E-state index in [0.29, 0.717) is 6.42 Å². The smallest absolute Gasteiger partial charge is 0.432 e. The molecule has 1 rings (SSSR count). The summed E-state index contributed by atoms with van der Waals surface area (Å²) in [7, 11) is 0. The fraction of sp³-hybridized carbons (Fsp3) is 0.857. The van der Waals surface area contributed by atoms with Crippen LogP contribution >= 0.6 is 0 Å². The molecule has 1 aliphatic heterocycles. The molecule has 0 aliphatic carbocycles. The molecular formula is C14H26N2O3. The number of hydrogen-bond donors (Lipinski definition) is 0. The zero-order valence-electron chi connectivity index (χ0n) is 12.6. The number of nitrogens with zero attached hydrogens (tertiary/aromatic N) is 2. The van der Waals surface area contributed by atoms with Crippen molar-refractivity contribution in [1.29, 1.82) is 0 Å². The predicted octanol–water partition coefficient (Wildman–Crippen LogP) is 2.95. The van der Waals surface area contributed by atoms with Crippen molar-refractivity contribution in [3.63, 3.8) is 0 Å². The maximum Gasteiger partial charge on any atom is 0.432 e. The van der Waals surface area contributed by atoms with E-state index in [4.69, 9.17) is 4.74 Å².